The third kappa shape index (κ3) is 4.02. The van der Waals surface area contributed by atoms with Gasteiger partial charge in [0.25, 0.3) is 0 Å². The summed E-state index contributed by atoms with van der Waals surface area (Å²) in [5.41, 5.74) is 1.12. The van der Waals surface area contributed by atoms with E-state index in [1.165, 1.54) is 12.1 Å². The highest BCUT2D eigenvalue weighted by Gasteiger charge is 2.19. The Balaban J connectivity index is 1.94. The number of hydrogen-bond donors (Lipinski definition) is 2. The first-order chi connectivity index (χ1) is 11.2. The fourth-order valence-electron chi connectivity index (χ4n) is 2.24. The van der Waals surface area contributed by atoms with E-state index in [0.29, 0.717) is 11.5 Å². The van der Waals surface area contributed by atoms with Crippen molar-refractivity contribution >= 4 is 13.5 Å². The monoisotopic (exact) mass is 324 g/mol. The molecule has 0 aromatic heterocycles. The highest BCUT2D eigenvalue weighted by molar-refractivity contribution is 7.60. The summed E-state index contributed by atoms with van der Waals surface area (Å²) in [5, 5.41) is 20.6. The van der Waals surface area contributed by atoms with Crippen molar-refractivity contribution in [3.63, 3.8) is 0 Å². The van der Waals surface area contributed by atoms with E-state index in [1.807, 2.05) is 60.7 Å². The van der Waals surface area contributed by atoms with E-state index in [0.717, 1.165) is 11.3 Å². The summed E-state index contributed by atoms with van der Waals surface area (Å²) < 4.78 is 6.13. The van der Waals surface area contributed by atoms with Crippen LogP contribution in [0, 0.1) is 0 Å². The van der Waals surface area contributed by atoms with E-state index >= 15 is 0 Å². The zero-order chi connectivity index (χ0) is 16.1. The minimum Gasteiger partial charge on any atom is -0.508 e. The van der Waals surface area contributed by atoms with Crippen molar-refractivity contribution in [1.82, 2.24) is 0 Å². The van der Waals surface area contributed by atoms with Crippen molar-refractivity contribution in [2.45, 2.75) is 6.16 Å². The Bertz CT molecular complexity index is 719. The lowest BCUT2D eigenvalue weighted by Crippen LogP contribution is -2.08. The number of phenols is 2. The number of rotatable bonds is 5. The summed E-state index contributed by atoms with van der Waals surface area (Å²) in [4.78, 5) is 0. The number of phenolic OH excluding ortho intramolecular Hbond substituents is 2. The van der Waals surface area contributed by atoms with Crippen molar-refractivity contribution in [3.05, 3.63) is 84.4 Å². The Kier molecular flexibility index (Phi) is 4.80. The highest BCUT2D eigenvalue weighted by Crippen LogP contribution is 2.43. The molecule has 0 heterocycles. The van der Waals surface area contributed by atoms with Crippen LogP contribution in [-0.2, 0) is 6.16 Å². The van der Waals surface area contributed by atoms with Crippen molar-refractivity contribution < 1.29 is 14.7 Å². The molecule has 3 nitrogen and oxygen atoms in total. The molecule has 4 heteroatoms. The molecule has 0 fully saturated rings. The zero-order valence-corrected chi connectivity index (χ0v) is 13.4. The van der Waals surface area contributed by atoms with Gasteiger partial charge in [0, 0.05) is 6.16 Å². The molecule has 3 rings (SSSR count). The Labute approximate surface area is 136 Å². The molecular formula is C19H17O3P. The van der Waals surface area contributed by atoms with Gasteiger partial charge in [-0.25, -0.2) is 0 Å². The first-order valence-corrected chi connectivity index (χ1v) is 8.73. The second-order valence-corrected chi connectivity index (χ2v) is 6.84. The summed E-state index contributed by atoms with van der Waals surface area (Å²) in [6.07, 6.45) is 0.655. The maximum absolute atomic E-state index is 10.2. The highest BCUT2D eigenvalue weighted by atomic mass is 31.1. The predicted octanol–water partition coefficient (Wildman–Crippen LogP) is 4.40. The van der Waals surface area contributed by atoms with Crippen LogP contribution in [0.25, 0.3) is 0 Å². The fraction of sp³-hybridized carbons (Fsp3) is 0.0526. The van der Waals surface area contributed by atoms with Crippen molar-refractivity contribution in [2.24, 2.45) is 0 Å². The van der Waals surface area contributed by atoms with Crippen molar-refractivity contribution in [3.8, 4) is 17.2 Å². The summed E-state index contributed by atoms with van der Waals surface area (Å²) in [7, 11) is -1.16. The molecule has 0 aliphatic carbocycles. The van der Waals surface area contributed by atoms with Gasteiger partial charge in [0.05, 0.1) is 5.30 Å². The summed E-state index contributed by atoms with van der Waals surface area (Å²) in [6.45, 7) is 0. The van der Waals surface area contributed by atoms with Gasteiger partial charge in [-0.3, -0.25) is 0 Å². The van der Waals surface area contributed by atoms with Crippen LogP contribution in [0.5, 0.6) is 17.2 Å². The molecule has 0 aliphatic rings. The predicted molar refractivity (Wildman–Crippen MR) is 93.5 cm³/mol. The molecule has 0 aliphatic heterocycles. The summed E-state index contributed by atoms with van der Waals surface area (Å²) in [5.74, 6) is 1.01. The summed E-state index contributed by atoms with van der Waals surface area (Å²) >= 11 is 0. The van der Waals surface area contributed by atoms with Gasteiger partial charge in [-0.2, -0.15) is 0 Å². The third-order valence-corrected chi connectivity index (χ3v) is 5.33. The lowest BCUT2D eigenvalue weighted by Gasteiger charge is -2.20. The van der Waals surface area contributed by atoms with Crippen LogP contribution in [0.1, 0.15) is 5.56 Å². The number of hydrogen-bond acceptors (Lipinski definition) is 3. The minimum absolute atomic E-state index is 0.120. The Morgan fingerprint density at radius 2 is 1.43 bits per heavy atom. The molecule has 0 spiro atoms. The zero-order valence-electron chi connectivity index (χ0n) is 12.5. The molecule has 1 atom stereocenters. The molecule has 0 radical (unpaired) electrons. The lowest BCUT2D eigenvalue weighted by molar-refractivity contribution is 0.463. The largest absolute Gasteiger partial charge is 0.508 e. The normalized spacial score (nSPS) is 11.8. The third-order valence-electron chi connectivity index (χ3n) is 3.36. The van der Waals surface area contributed by atoms with Crippen LogP contribution in [0.15, 0.2) is 78.9 Å². The number of para-hydroxylation sites is 1. The molecular weight excluding hydrogens is 307 g/mol. The molecule has 3 aromatic carbocycles. The second-order valence-electron chi connectivity index (χ2n) is 5.10. The minimum atomic E-state index is -1.16. The molecule has 3 aromatic rings. The van der Waals surface area contributed by atoms with Gasteiger partial charge in [-0.05, 0) is 35.9 Å². The summed E-state index contributed by atoms with van der Waals surface area (Å²) in [6, 6.07) is 24.1. The molecule has 0 saturated heterocycles. The van der Waals surface area contributed by atoms with Crippen LogP contribution in [0.2, 0.25) is 0 Å². The quantitative estimate of drug-likeness (QED) is 0.540. The average Bonchev–Trinajstić information content (AvgIpc) is 2.58. The lowest BCUT2D eigenvalue weighted by atomic mass is 10.2. The Morgan fingerprint density at radius 3 is 2.13 bits per heavy atom. The average molecular weight is 324 g/mol. The van der Waals surface area contributed by atoms with Crippen LogP contribution in [0.3, 0.4) is 0 Å². The van der Waals surface area contributed by atoms with E-state index in [1.54, 1.807) is 6.07 Å². The SMILES string of the molecule is Oc1ccc(O)c(P(Cc2ccccc2)Oc2ccccc2)c1. The van der Waals surface area contributed by atoms with Gasteiger partial charge in [0.1, 0.15) is 25.4 Å². The number of aromatic hydroxyl groups is 2. The van der Waals surface area contributed by atoms with E-state index < -0.39 is 8.15 Å². The van der Waals surface area contributed by atoms with Crippen molar-refractivity contribution in [1.29, 1.82) is 0 Å². The smallest absolute Gasteiger partial charge is 0.127 e. The van der Waals surface area contributed by atoms with E-state index in [2.05, 4.69) is 0 Å². The van der Waals surface area contributed by atoms with Gasteiger partial charge < -0.3 is 14.7 Å². The fourth-order valence-corrected chi connectivity index (χ4v) is 4.09. The van der Waals surface area contributed by atoms with Gasteiger partial charge in [-0.15, -0.1) is 0 Å². The van der Waals surface area contributed by atoms with Crippen LogP contribution >= 0.6 is 8.15 Å². The molecule has 0 amide bonds. The van der Waals surface area contributed by atoms with Crippen LogP contribution in [-0.4, -0.2) is 10.2 Å². The molecule has 0 bridgehead atoms. The second kappa shape index (κ2) is 7.17. The van der Waals surface area contributed by atoms with Crippen molar-refractivity contribution in [2.75, 3.05) is 0 Å². The van der Waals surface area contributed by atoms with Gasteiger partial charge in [0.15, 0.2) is 0 Å². The maximum Gasteiger partial charge on any atom is 0.127 e. The van der Waals surface area contributed by atoms with Crippen LogP contribution in [0.4, 0.5) is 0 Å². The van der Waals surface area contributed by atoms with E-state index in [-0.39, 0.29) is 11.5 Å². The standard InChI is InChI=1S/C19H17O3P/c20-16-11-12-18(21)19(13-16)23(14-15-7-3-1-4-8-15)22-17-9-5-2-6-10-17/h1-13,20-21H,14H2. The van der Waals surface area contributed by atoms with Gasteiger partial charge in [0.2, 0.25) is 0 Å². The topological polar surface area (TPSA) is 49.7 Å². The van der Waals surface area contributed by atoms with Crippen LogP contribution < -0.4 is 9.83 Å². The van der Waals surface area contributed by atoms with Gasteiger partial charge in [-0.1, -0.05) is 48.5 Å². The molecule has 2 N–H and O–H groups in total. The number of benzene rings is 3. The Hall–Kier alpha value is -2.51. The molecule has 116 valence electrons. The first kappa shape index (κ1) is 15.4. The Morgan fingerprint density at radius 1 is 0.783 bits per heavy atom. The molecule has 1 unspecified atom stereocenters. The first-order valence-electron chi connectivity index (χ1n) is 7.29. The van der Waals surface area contributed by atoms with E-state index in [4.69, 9.17) is 4.52 Å². The van der Waals surface area contributed by atoms with Gasteiger partial charge >= 0.3 is 0 Å². The molecule has 0 saturated carbocycles. The van der Waals surface area contributed by atoms with E-state index in [9.17, 15) is 10.2 Å². The molecule has 23 heavy (non-hydrogen) atoms. The maximum atomic E-state index is 10.2.